The lowest BCUT2D eigenvalue weighted by molar-refractivity contribution is -0.117. The maximum atomic E-state index is 12.6. The Morgan fingerprint density at radius 2 is 1.58 bits per heavy atom. The number of hydrogen-bond donors (Lipinski definition) is 2. The number of benzene rings is 2. The Labute approximate surface area is 142 Å². The normalized spacial score (nSPS) is 15.7. The summed E-state index contributed by atoms with van der Waals surface area (Å²) >= 11 is 0. The van der Waals surface area contributed by atoms with Gasteiger partial charge >= 0.3 is 0 Å². The quantitative estimate of drug-likeness (QED) is 0.809. The van der Waals surface area contributed by atoms with Gasteiger partial charge in [-0.2, -0.15) is 0 Å². The standard InChI is InChI=1S/C18H20N2O3S/c21-18(19-15-9-5-2-6-10-15)17(13-14-7-3-1-4-8-14)20-24(22,23)16-11-12-16/h1-10,16-17,20H,11-13H2,(H,19,21)/t17-/m1/s1. The van der Waals surface area contributed by atoms with E-state index in [2.05, 4.69) is 10.0 Å². The molecule has 1 aliphatic rings. The van der Waals surface area contributed by atoms with Crippen LogP contribution in [0.2, 0.25) is 0 Å². The summed E-state index contributed by atoms with van der Waals surface area (Å²) in [6.07, 6.45) is 1.63. The predicted molar refractivity (Wildman–Crippen MR) is 94.1 cm³/mol. The van der Waals surface area contributed by atoms with E-state index in [9.17, 15) is 13.2 Å². The Hall–Kier alpha value is -2.18. The molecule has 1 atom stereocenters. The van der Waals surface area contributed by atoms with Crippen LogP contribution in [-0.2, 0) is 21.2 Å². The van der Waals surface area contributed by atoms with Crippen LogP contribution in [0.25, 0.3) is 0 Å². The molecule has 1 fully saturated rings. The fraction of sp³-hybridized carbons (Fsp3) is 0.278. The van der Waals surface area contributed by atoms with Gasteiger partial charge in [0.05, 0.1) is 5.25 Å². The summed E-state index contributed by atoms with van der Waals surface area (Å²) in [5, 5.41) is 2.42. The van der Waals surface area contributed by atoms with Crippen molar-refractivity contribution >= 4 is 21.6 Å². The van der Waals surface area contributed by atoms with E-state index >= 15 is 0 Å². The first kappa shape index (κ1) is 16.7. The number of hydrogen-bond acceptors (Lipinski definition) is 3. The van der Waals surface area contributed by atoms with E-state index < -0.39 is 16.1 Å². The third kappa shape index (κ3) is 4.43. The molecule has 0 spiro atoms. The lowest BCUT2D eigenvalue weighted by Gasteiger charge is -2.18. The summed E-state index contributed by atoms with van der Waals surface area (Å²) in [7, 11) is -3.45. The molecule has 0 saturated heterocycles. The SMILES string of the molecule is O=C(Nc1ccccc1)[C@@H](Cc1ccccc1)NS(=O)(=O)C1CC1. The second-order valence-electron chi connectivity index (χ2n) is 5.96. The number of anilines is 1. The Balaban J connectivity index is 1.76. The Kier molecular flexibility index (Phi) is 4.97. The fourth-order valence-corrected chi connectivity index (χ4v) is 4.00. The largest absolute Gasteiger partial charge is 0.325 e. The summed E-state index contributed by atoms with van der Waals surface area (Å²) < 4.78 is 27.1. The average Bonchev–Trinajstić information content (AvgIpc) is 3.41. The van der Waals surface area contributed by atoms with Crippen LogP contribution in [0.15, 0.2) is 60.7 Å². The molecule has 0 bridgehead atoms. The monoisotopic (exact) mass is 344 g/mol. The minimum Gasteiger partial charge on any atom is -0.325 e. The van der Waals surface area contributed by atoms with E-state index in [-0.39, 0.29) is 11.2 Å². The number of rotatable bonds is 7. The molecule has 6 heteroatoms. The molecule has 0 aromatic heterocycles. The summed E-state index contributed by atoms with van der Waals surface area (Å²) in [6.45, 7) is 0. The molecular formula is C18H20N2O3S. The maximum absolute atomic E-state index is 12.6. The van der Waals surface area contributed by atoms with Crippen molar-refractivity contribution in [2.24, 2.45) is 0 Å². The van der Waals surface area contributed by atoms with Crippen molar-refractivity contribution in [3.8, 4) is 0 Å². The average molecular weight is 344 g/mol. The lowest BCUT2D eigenvalue weighted by Crippen LogP contribution is -2.46. The van der Waals surface area contributed by atoms with Gasteiger partial charge in [0, 0.05) is 5.69 Å². The smallest absolute Gasteiger partial charge is 0.242 e. The molecule has 2 aromatic rings. The van der Waals surface area contributed by atoms with Gasteiger partial charge in [0.25, 0.3) is 0 Å². The number of carbonyl (C=O) groups is 1. The molecule has 3 rings (SSSR count). The van der Waals surface area contributed by atoms with Gasteiger partial charge in [-0.3, -0.25) is 4.79 Å². The van der Waals surface area contributed by atoms with Crippen LogP contribution in [0.5, 0.6) is 0 Å². The molecule has 24 heavy (non-hydrogen) atoms. The second-order valence-corrected chi connectivity index (χ2v) is 7.95. The van der Waals surface area contributed by atoms with Crippen LogP contribution in [-0.4, -0.2) is 25.6 Å². The highest BCUT2D eigenvalue weighted by atomic mass is 32.2. The van der Waals surface area contributed by atoms with Crippen LogP contribution >= 0.6 is 0 Å². The molecule has 2 N–H and O–H groups in total. The number of carbonyl (C=O) groups excluding carboxylic acids is 1. The number of sulfonamides is 1. The van der Waals surface area contributed by atoms with Crippen LogP contribution in [0.4, 0.5) is 5.69 Å². The fourth-order valence-electron chi connectivity index (χ4n) is 2.46. The summed E-state index contributed by atoms with van der Waals surface area (Å²) in [5.74, 6) is -0.353. The van der Waals surface area contributed by atoms with Crippen molar-refractivity contribution < 1.29 is 13.2 Å². The van der Waals surface area contributed by atoms with Crippen LogP contribution in [0.1, 0.15) is 18.4 Å². The molecular weight excluding hydrogens is 324 g/mol. The molecule has 1 saturated carbocycles. The van der Waals surface area contributed by atoms with Gasteiger partial charge in [-0.05, 0) is 37.0 Å². The zero-order valence-electron chi connectivity index (χ0n) is 13.2. The van der Waals surface area contributed by atoms with E-state index in [1.807, 2.05) is 48.5 Å². The van der Waals surface area contributed by atoms with Gasteiger partial charge in [0.1, 0.15) is 6.04 Å². The van der Waals surface area contributed by atoms with Crippen molar-refractivity contribution in [2.75, 3.05) is 5.32 Å². The van der Waals surface area contributed by atoms with Crippen LogP contribution in [0, 0.1) is 0 Å². The van der Waals surface area contributed by atoms with Crippen molar-refractivity contribution in [2.45, 2.75) is 30.6 Å². The van der Waals surface area contributed by atoms with Gasteiger partial charge in [0.15, 0.2) is 0 Å². The third-order valence-corrected chi connectivity index (χ3v) is 5.87. The van der Waals surface area contributed by atoms with Gasteiger partial charge < -0.3 is 5.32 Å². The first-order valence-corrected chi connectivity index (χ1v) is 9.50. The molecule has 2 aromatic carbocycles. The third-order valence-electron chi connectivity index (χ3n) is 3.91. The number of para-hydroxylation sites is 1. The zero-order chi connectivity index (χ0) is 17.0. The second kappa shape index (κ2) is 7.15. The van der Waals surface area contributed by atoms with Crippen molar-refractivity contribution in [3.63, 3.8) is 0 Å². The summed E-state index contributed by atoms with van der Waals surface area (Å²) in [6, 6.07) is 17.6. The van der Waals surface area contributed by atoms with Crippen molar-refractivity contribution in [1.29, 1.82) is 0 Å². The maximum Gasteiger partial charge on any atom is 0.242 e. The van der Waals surface area contributed by atoms with Crippen molar-refractivity contribution in [3.05, 3.63) is 66.2 Å². The molecule has 0 radical (unpaired) electrons. The Bertz CT molecular complexity index is 788. The van der Waals surface area contributed by atoms with E-state index in [1.54, 1.807) is 12.1 Å². The minimum absolute atomic E-state index is 0.311. The van der Waals surface area contributed by atoms with E-state index in [0.29, 0.717) is 24.9 Å². The molecule has 0 heterocycles. The highest BCUT2D eigenvalue weighted by Crippen LogP contribution is 2.28. The topological polar surface area (TPSA) is 75.3 Å². The first-order chi connectivity index (χ1) is 11.5. The first-order valence-electron chi connectivity index (χ1n) is 7.95. The lowest BCUT2D eigenvalue weighted by atomic mass is 10.1. The van der Waals surface area contributed by atoms with E-state index in [0.717, 1.165) is 5.56 Å². The predicted octanol–water partition coefficient (Wildman–Crippen LogP) is 2.32. The van der Waals surface area contributed by atoms with Gasteiger partial charge in [-0.25, -0.2) is 13.1 Å². The van der Waals surface area contributed by atoms with Gasteiger partial charge in [0.2, 0.25) is 15.9 Å². The minimum atomic E-state index is -3.45. The van der Waals surface area contributed by atoms with Gasteiger partial charge in [-0.1, -0.05) is 48.5 Å². The molecule has 1 aliphatic carbocycles. The van der Waals surface area contributed by atoms with Crippen LogP contribution < -0.4 is 10.0 Å². The molecule has 0 unspecified atom stereocenters. The molecule has 1 amide bonds. The van der Waals surface area contributed by atoms with Crippen LogP contribution in [0.3, 0.4) is 0 Å². The zero-order valence-corrected chi connectivity index (χ0v) is 14.0. The van der Waals surface area contributed by atoms with Crippen molar-refractivity contribution in [1.82, 2.24) is 4.72 Å². The van der Waals surface area contributed by atoms with E-state index in [1.165, 1.54) is 0 Å². The highest BCUT2D eigenvalue weighted by Gasteiger charge is 2.38. The molecule has 5 nitrogen and oxygen atoms in total. The molecule has 0 aliphatic heterocycles. The Morgan fingerprint density at radius 1 is 1.00 bits per heavy atom. The highest BCUT2D eigenvalue weighted by molar-refractivity contribution is 7.90. The molecule has 126 valence electrons. The summed E-state index contributed by atoms with van der Waals surface area (Å²) in [5.41, 5.74) is 1.55. The summed E-state index contributed by atoms with van der Waals surface area (Å²) in [4.78, 5) is 12.6. The Morgan fingerprint density at radius 3 is 2.17 bits per heavy atom. The number of amides is 1. The van der Waals surface area contributed by atoms with E-state index in [4.69, 9.17) is 0 Å². The number of nitrogens with one attached hydrogen (secondary N) is 2. The van der Waals surface area contributed by atoms with Gasteiger partial charge in [-0.15, -0.1) is 0 Å².